The molecule has 0 heterocycles. The summed E-state index contributed by atoms with van der Waals surface area (Å²) >= 11 is 0. The van der Waals surface area contributed by atoms with E-state index in [1.807, 2.05) is 30.3 Å². The molecule has 0 atom stereocenters. The minimum Gasteiger partial charge on any atom is -0.496 e. The van der Waals surface area contributed by atoms with Gasteiger partial charge in [0.15, 0.2) is 11.5 Å². The quantitative estimate of drug-likeness (QED) is 0.435. The standard InChI is InChI=1S/C26H30N2O6S/c1-19-14-22(11-13-23(19)32-2)35(30,31)28(17-20-8-6-5-7-9-20)18-26(29)27-16-21-10-12-24(33-3)25(15-21)34-4/h5-15H,16-18H2,1-4H3,(H,27,29). The average molecular weight is 499 g/mol. The molecule has 0 saturated heterocycles. The second-order valence-corrected chi connectivity index (χ2v) is 9.79. The summed E-state index contributed by atoms with van der Waals surface area (Å²) in [7, 11) is 0.647. The van der Waals surface area contributed by atoms with Crippen molar-refractivity contribution in [2.75, 3.05) is 27.9 Å². The summed E-state index contributed by atoms with van der Waals surface area (Å²) in [6.45, 7) is 1.70. The number of aryl methyl sites for hydroxylation is 1. The van der Waals surface area contributed by atoms with Gasteiger partial charge in [-0.05, 0) is 53.9 Å². The molecule has 1 amide bonds. The molecule has 9 heteroatoms. The van der Waals surface area contributed by atoms with Gasteiger partial charge in [0.1, 0.15) is 5.75 Å². The van der Waals surface area contributed by atoms with Crippen molar-refractivity contribution in [3.05, 3.63) is 83.4 Å². The van der Waals surface area contributed by atoms with Crippen LogP contribution in [-0.2, 0) is 27.9 Å². The lowest BCUT2D eigenvalue weighted by molar-refractivity contribution is -0.121. The second kappa shape index (κ2) is 11.7. The summed E-state index contributed by atoms with van der Waals surface area (Å²) in [5, 5.41) is 2.80. The largest absolute Gasteiger partial charge is 0.496 e. The van der Waals surface area contributed by atoms with E-state index in [1.165, 1.54) is 24.6 Å². The van der Waals surface area contributed by atoms with E-state index < -0.39 is 15.9 Å². The Morgan fingerprint density at radius 2 is 1.49 bits per heavy atom. The molecule has 35 heavy (non-hydrogen) atoms. The molecule has 0 bridgehead atoms. The van der Waals surface area contributed by atoms with Gasteiger partial charge in [0.2, 0.25) is 15.9 Å². The number of ether oxygens (including phenoxy) is 3. The highest BCUT2D eigenvalue weighted by molar-refractivity contribution is 7.89. The molecule has 0 aliphatic heterocycles. The van der Waals surface area contributed by atoms with Gasteiger partial charge in [-0.15, -0.1) is 0 Å². The molecule has 3 rings (SSSR count). The van der Waals surface area contributed by atoms with Gasteiger partial charge in [0.25, 0.3) is 0 Å². The summed E-state index contributed by atoms with van der Waals surface area (Å²) < 4.78 is 44.0. The monoisotopic (exact) mass is 498 g/mol. The zero-order valence-electron chi connectivity index (χ0n) is 20.3. The summed E-state index contributed by atoms with van der Waals surface area (Å²) in [5.74, 6) is 1.29. The first-order valence-corrected chi connectivity index (χ1v) is 12.4. The van der Waals surface area contributed by atoms with E-state index in [2.05, 4.69) is 5.32 Å². The van der Waals surface area contributed by atoms with Crippen molar-refractivity contribution in [1.29, 1.82) is 0 Å². The van der Waals surface area contributed by atoms with Crippen LogP contribution in [-0.4, -0.2) is 46.5 Å². The lowest BCUT2D eigenvalue weighted by Gasteiger charge is -2.22. The van der Waals surface area contributed by atoms with Gasteiger partial charge in [-0.3, -0.25) is 4.79 Å². The molecule has 0 fully saturated rings. The Morgan fingerprint density at radius 1 is 0.829 bits per heavy atom. The van der Waals surface area contributed by atoms with Gasteiger partial charge >= 0.3 is 0 Å². The van der Waals surface area contributed by atoms with Crippen LogP contribution in [0.5, 0.6) is 17.2 Å². The number of carbonyl (C=O) groups is 1. The number of methoxy groups -OCH3 is 3. The van der Waals surface area contributed by atoms with E-state index in [1.54, 1.807) is 44.4 Å². The van der Waals surface area contributed by atoms with Crippen LogP contribution in [0.25, 0.3) is 0 Å². The van der Waals surface area contributed by atoms with Crippen LogP contribution in [0.3, 0.4) is 0 Å². The van der Waals surface area contributed by atoms with Crippen molar-refractivity contribution in [1.82, 2.24) is 9.62 Å². The Kier molecular flexibility index (Phi) is 8.73. The van der Waals surface area contributed by atoms with Crippen LogP contribution in [0.2, 0.25) is 0 Å². The third kappa shape index (κ3) is 6.52. The highest BCUT2D eigenvalue weighted by Gasteiger charge is 2.27. The Morgan fingerprint density at radius 3 is 2.11 bits per heavy atom. The summed E-state index contributed by atoms with van der Waals surface area (Å²) in [6.07, 6.45) is 0. The molecule has 186 valence electrons. The number of sulfonamides is 1. The minimum atomic E-state index is -3.96. The average Bonchev–Trinajstić information content (AvgIpc) is 2.87. The summed E-state index contributed by atoms with van der Waals surface area (Å²) in [5.41, 5.74) is 2.25. The SMILES string of the molecule is COc1ccc(S(=O)(=O)N(CC(=O)NCc2ccc(OC)c(OC)c2)Cc2ccccc2)cc1C. The maximum atomic E-state index is 13.5. The van der Waals surface area contributed by atoms with Crippen molar-refractivity contribution in [2.24, 2.45) is 0 Å². The van der Waals surface area contributed by atoms with Crippen molar-refractivity contribution < 1.29 is 27.4 Å². The number of nitrogens with one attached hydrogen (secondary N) is 1. The summed E-state index contributed by atoms with van der Waals surface area (Å²) in [4.78, 5) is 12.9. The molecule has 8 nitrogen and oxygen atoms in total. The predicted octanol–water partition coefficient (Wildman–Crippen LogP) is 3.53. The number of rotatable bonds is 11. The minimum absolute atomic E-state index is 0.0536. The molecule has 0 radical (unpaired) electrons. The van der Waals surface area contributed by atoms with Gasteiger partial charge in [-0.1, -0.05) is 36.4 Å². The van der Waals surface area contributed by atoms with Crippen LogP contribution in [0.4, 0.5) is 0 Å². The molecule has 3 aromatic carbocycles. The van der Waals surface area contributed by atoms with E-state index >= 15 is 0 Å². The number of amides is 1. The Bertz CT molecular complexity index is 1260. The third-order valence-electron chi connectivity index (χ3n) is 5.46. The molecule has 0 spiro atoms. The fourth-order valence-electron chi connectivity index (χ4n) is 3.58. The molecule has 0 aliphatic rings. The van der Waals surface area contributed by atoms with Crippen molar-refractivity contribution in [2.45, 2.75) is 24.9 Å². The zero-order valence-corrected chi connectivity index (χ0v) is 21.1. The van der Waals surface area contributed by atoms with E-state index in [0.29, 0.717) is 22.8 Å². The Hall–Kier alpha value is -3.56. The fraction of sp³-hybridized carbons (Fsp3) is 0.269. The van der Waals surface area contributed by atoms with E-state index in [9.17, 15) is 13.2 Å². The second-order valence-electron chi connectivity index (χ2n) is 7.86. The van der Waals surface area contributed by atoms with Gasteiger partial charge in [-0.2, -0.15) is 4.31 Å². The van der Waals surface area contributed by atoms with E-state index in [4.69, 9.17) is 14.2 Å². The zero-order chi connectivity index (χ0) is 25.4. The molecule has 1 N–H and O–H groups in total. The van der Waals surface area contributed by atoms with Gasteiger partial charge < -0.3 is 19.5 Å². The topological polar surface area (TPSA) is 94.2 Å². The number of benzene rings is 3. The van der Waals surface area contributed by atoms with Gasteiger partial charge in [0, 0.05) is 13.1 Å². The van der Waals surface area contributed by atoms with Crippen molar-refractivity contribution in [3.8, 4) is 17.2 Å². The van der Waals surface area contributed by atoms with Crippen LogP contribution >= 0.6 is 0 Å². The maximum absolute atomic E-state index is 13.5. The first kappa shape index (κ1) is 26.1. The van der Waals surface area contributed by atoms with Crippen LogP contribution < -0.4 is 19.5 Å². The lowest BCUT2D eigenvalue weighted by Crippen LogP contribution is -2.40. The molecular formula is C26H30N2O6S. The van der Waals surface area contributed by atoms with Gasteiger partial charge in [0.05, 0.1) is 32.8 Å². The normalized spacial score (nSPS) is 11.2. The molecule has 3 aromatic rings. The first-order valence-electron chi connectivity index (χ1n) is 10.9. The molecule has 0 saturated carbocycles. The highest BCUT2D eigenvalue weighted by Crippen LogP contribution is 2.28. The van der Waals surface area contributed by atoms with Crippen molar-refractivity contribution in [3.63, 3.8) is 0 Å². The first-order chi connectivity index (χ1) is 16.8. The van der Waals surface area contributed by atoms with Crippen LogP contribution in [0.15, 0.2) is 71.6 Å². The summed E-state index contributed by atoms with van der Waals surface area (Å²) in [6, 6.07) is 19.1. The molecule has 0 aliphatic carbocycles. The van der Waals surface area contributed by atoms with Crippen LogP contribution in [0, 0.1) is 6.92 Å². The number of hydrogen-bond acceptors (Lipinski definition) is 6. The molecule has 0 aromatic heterocycles. The lowest BCUT2D eigenvalue weighted by atomic mass is 10.2. The molecular weight excluding hydrogens is 468 g/mol. The van der Waals surface area contributed by atoms with E-state index in [-0.39, 0.29) is 24.5 Å². The fourth-order valence-corrected chi connectivity index (χ4v) is 5.05. The predicted molar refractivity (Wildman–Crippen MR) is 133 cm³/mol. The smallest absolute Gasteiger partial charge is 0.243 e. The highest BCUT2D eigenvalue weighted by atomic mass is 32.2. The van der Waals surface area contributed by atoms with Crippen LogP contribution in [0.1, 0.15) is 16.7 Å². The molecule has 0 unspecified atom stereocenters. The Balaban J connectivity index is 1.80. The Labute approximate surface area is 206 Å². The number of hydrogen-bond donors (Lipinski definition) is 1. The third-order valence-corrected chi connectivity index (χ3v) is 7.25. The number of nitrogens with zero attached hydrogens (tertiary/aromatic N) is 1. The van der Waals surface area contributed by atoms with E-state index in [0.717, 1.165) is 11.1 Å². The van der Waals surface area contributed by atoms with Gasteiger partial charge in [-0.25, -0.2) is 8.42 Å². The number of carbonyl (C=O) groups excluding carboxylic acids is 1. The van der Waals surface area contributed by atoms with Crippen molar-refractivity contribution >= 4 is 15.9 Å². The maximum Gasteiger partial charge on any atom is 0.243 e.